The van der Waals surface area contributed by atoms with Crippen molar-refractivity contribution in [3.63, 3.8) is 0 Å². The van der Waals surface area contributed by atoms with Crippen LogP contribution in [-0.2, 0) is 4.74 Å². The minimum Gasteiger partial charge on any atom is -0.465 e. The van der Waals surface area contributed by atoms with Gasteiger partial charge in [-0.3, -0.25) is 0 Å². The van der Waals surface area contributed by atoms with Crippen LogP contribution in [0.15, 0.2) is 0 Å². The fourth-order valence-electron chi connectivity index (χ4n) is 0.935. The second-order valence-corrected chi connectivity index (χ2v) is 2.26. The SMILES string of the molecule is CCOC1CN(C(=O)O)C1. The molecule has 58 valence electrons. The molecule has 0 aromatic rings. The molecule has 1 aliphatic rings. The van der Waals surface area contributed by atoms with Gasteiger partial charge < -0.3 is 14.7 Å². The molecule has 0 unspecified atom stereocenters. The van der Waals surface area contributed by atoms with E-state index >= 15 is 0 Å². The van der Waals surface area contributed by atoms with Gasteiger partial charge in [0.1, 0.15) is 0 Å². The Morgan fingerprint density at radius 3 is 2.80 bits per heavy atom. The summed E-state index contributed by atoms with van der Waals surface area (Å²) in [5.41, 5.74) is 0. The molecule has 4 nitrogen and oxygen atoms in total. The number of hydrogen-bond donors (Lipinski definition) is 1. The zero-order valence-corrected chi connectivity index (χ0v) is 5.91. The Hall–Kier alpha value is -0.770. The quantitative estimate of drug-likeness (QED) is 0.611. The lowest BCUT2D eigenvalue weighted by molar-refractivity contribution is -0.0393. The van der Waals surface area contributed by atoms with Crippen LogP contribution in [0, 0.1) is 0 Å². The molecule has 0 atom stereocenters. The van der Waals surface area contributed by atoms with Gasteiger partial charge in [-0.05, 0) is 6.92 Å². The van der Waals surface area contributed by atoms with Gasteiger partial charge >= 0.3 is 6.09 Å². The van der Waals surface area contributed by atoms with Crippen LogP contribution in [0.4, 0.5) is 4.79 Å². The van der Waals surface area contributed by atoms with Gasteiger partial charge in [0.2, 0.25) is 0 Å². The Bertz CT molecular complexity index is 131. The maximum absolute atomic E-state index is 10.2. The molecule has 0 aromatic heterocycles. The van der Waals surface area contributed by atoms with Gasteiger partial charge in [-0.1, -0.05) is 0 Å². The van der Waals surface area contributed by atoms with Crippen LogP contribution in [0.2, 0.25) is 0 Å². The van der Waals surface area contributed by atoms with E-state index < -0.39 is 6.09 Å². The number of amides is 1. The summed E-state index contributed by atoms with van der Waals surface area (Å²) in [5.74, 6) is 0. The smallest absolute Gasteiger partial charge is 0.407 e. The van der Waals surface area contributed by atoms with E-state index in [4.69, 9.17) is 9.84 Å². The second-order valence-electron chi connectivity index (χ2n) is 2.26. The lowest BCUT2D eigenvalue weighted by Crippen LogP contribution is -2.54. The predicted molar refractivity (Wildman–Crippen MR) is 35.0 cm³/mol. The van der Waals surface area contributed by atoms with Gasteiger partial charge in [-0.15, -0.1) is 0 Å². The summed E-state index contributed by atoms with van der Waals surface area (Å²) in [4.78, 5) is 11.5. The zero-order chi connectivity index (χ0) is 7.56. The molecule has 10 heavy (non-hydrogen) atoms. The average molecular weight is 145 g/mol. The maximum Gasteiger partial charge on any atom is 0.407 e. The molecule has 1 rings (SSSR count). The van der Waals surface area contributed by atoms with E-state index in [0.29, 0.717) is 19.7 Å². The number of rotatable bonds is 2. The molecule has 0 bridgehead atoms. The largest absolute Gasteiger partial charge is 0.465 e. The lowest BCUT2D eigenvalue weighted by Gasteiger charge is -2.36. The topological polar surface area (TPSA) is 49.8 Å². The number of likely N-dealkylation sites (tertiary alicyclic amines) is 1. The molecule has 1 saturated heterocycles. The van der Waals surface area contributed by atoms with Crippen molar-refractivity contribution in [3.8, 4) is 0 Å². The molecule has 0 spiro atoms. The molecule has 0 saturated carbocycles. The molecule has 4 heteroatoms. The number of nitrogens with zero attached hydrogens (tertiary/aromatic N) is 1. The Morgan fingerprint density at radius 2 is 2.40 bits per heavy atom. The Kier molecular flexibility index (Phi) is 2.11. The summed E-state index contributed by atoms with van der Waals surface area (Å²) in [6.45, 7) is 3.63. The average Bonchev–Trinajstić information content (AvgIpc) is 1.76. The van der Waals surface area contributed by atoms with Crippen molar-refractivity contribution in [2.75, 3.05) is 19.7 Å². The first kappa shape index (κ1) is 7.34. The fourth-order valence-corrected chi connectivity index (χ4v) is 0.935. The predicted octanol–water partition coefficient (Wildman–Crippen LogP) is 0.385. The van der Waals surface area contributed by atoms with Crippen LogP contribution in [0.3, 0.4) is 0 Å². The molecular formula is C6H11NO3. The highest BCUT2D eigenvalue weighted by Crippen LogP contribution is 2.10. The van der Waals surface area contributed by atoms with Gasteiger partial charge in [-0.25, -0.2) is 4.79 Å². The number of carbonyl (C=O) groups is 1. The molecule has 1 fully saturated rings. The van der Waals surface area contributed by atoms with Gasteiger partial charge in [0.05, 0.1) is 19.2 Å². The van der Waals surface area contributed by atoms with Crippen LogP contribution in [-0.4, -0.2) is 41.9 Å². The van der Waals surface area contributed by atoms with Crippen molar-refractivity contribution in [3.05, 3.63) is 0 Å². The van der Waals surface area contributed by atoms with Gasteiger partial charge in [-0.2, -0.15) is 0 Å². The highest BCUT2D eigenvalue weighted by atomic mass is 16.5. The standard InChI is InChI=1S/C6H11NO3/c1-2-10-5-3-7(4-5)6(8)9/h5H,2-4H2,1H3,(H,8,9). The summed E-state index contributed by atoms with van der Waals surface area (Å²) in [6, 6.07) is 0. The van der Waals surface area contributed by atoms with Crippen molar-refractivity contribution < 1.29 is 14.6 Å². The van der Waals surface area contributed by atoms with E-state index in [1.807, 2.05) is 6.92 Å². The van der Waals surface area contributed by atoms with E-state index in [1.54, 1.807) is 0 Å². The van der Waals surface area contributed by atoms with E-state index in [0.717, 1.165) is 0 Å². The van der Waals surface area contributed by atoms with Gasteiger partial charge in [0.25, 0.3) is 0 Å². The summed E-state index contributed by atoms with van der Waals surface area (Å²) in [5, 5.41) is 8.39. The van der Waals surface area contributed by atoms with E-state index in [9.17, 15) is 4.79 Å². The normalized spacial score (nSPS) is 18.7. The third kappa shape index (κ3) is 1.39. The van der Waals surface area contributed by atoms with Gasteiger partial charge in [0.15, 0.2) is 0 Å². The molecule has 0 radical (unpaired) electrons. The maximum atomic E-state index is 10.2. The molecule has 1 amide bonds. The first-order chi connectivity index (χ1) is 4.74. The summed E-state index contributed by atoms with van der Waals surface area (Å²) >= 11 is 0. The van der Waals surface area contributed by atoms with Crippen molar-refractivity contribution in [1.82, 2.24) is 4.90 Å². The first-order valence-corrected chi connectivity index (χ1v) is 3.33. The molecule has 1 heterocycles. The third-order valence-electron chi connectivity index (χ3n) is 1.52. The van der Waals surface area contributed by atoms with Crippen LogP contribution in [0.1, 0.15) is 6.92 Å². The Morgan fingerprint density at radius 1 is 1.80 bits per heavy atom. The Balaban J connectivity index is 2.12. The van der Waals surface area contributed by atoms with Crippen molar-refractivity contribution in [2.45, 2.75) is 13.0 Å². The molecule has 1 N–H and O–H groups in total. The fraction of sp³-hybridized carbons (Fsp3) is 0.833. The summed E-state index contributed by atoms with van der Waals surface area (Å²) in [7, 11) is 0. The van der Waals surface area contributed by atoms with Crippen LogP contribution < -0.4 is 0 Å². The van der Waals surface area contributed by atoms with E-state index in [-0.39, 0.29) is 6.10 Å². The zero-order valence-electron chi connectivity index (χ0n) is 5.91. The first-order valence-electron chi connectivity index (χ1n) is 3.33. The lowest BCUT2D eigenvalue weighted by atomic mass is 10.2. The molecular weight excluding hydrogens is 134 g/mol. The van der Waals surface area contributed by atoms with E-state index in [1.165, 1.54) is 4.90 Å². The number of carboxylic acid groups (broad SMARTS) is 1. The van der Waals surface area contributed by atoms with Gasteiger partial charge in [0, 0.05) is 6.61 Å². The number of ether oxygens (including phenoxy) is 1. The number of hydrogen-bond acceptors (Lipinski definition) is 2. The van der Waals surface area contributed by atoms with Crippen LogP contribution >= 0.6 is 0 Å². The summed E-state index contributed by atoms with van der Waals surface area (Å²) in [6.07, 6.45) is -0.711. The third-order valence-corrected chi connectivity index (χ3v) is 1.52. The molecule has 0 aromatic carbocycles. The van der Waals surface area contributed by atoms with E-state index in [2.05, 4.69) is 0 Å². The van der Waals surface area contributed by atoms with Crippen LogP contribution in [0.5, 0.6) is 0 Å². The summed E-state index contributed by atoms with van der Waals surface area (Å²) < 4.78 is 5.15. The Labute approximate surface area is 59.4 Å². The highest BCUT2D eigenvalue weighted by Gasteiger charge is 2.30. The molecule has 1 aliphatic heterocycles. The second kappa shape index (κ2) is 2.88. The van der Waals surface area contributed by atoms with Crippen molar-refractivity contribution in [2.24, 2.45) is 0 Å². The van der Waals surface area contributed by atoms with Crippen molar-refractivity contribution in [1.29, 1.82) is 0 Å². The molecule has 0 aliphatic carbocycles. The monoisotopic (exact) mass is 145 g/mol. The van der Waals surface area contributed by atoms with Crippen LogP contribution in [0.25, 0.3) is 0 Å². The van der Waals surface area contributed by atoms with Crippen molar-refractivity contribution >= 4 is 6.09 Å². The highest BCUT2D eigenvalue weighted by molar-refractivity contribution is 5.66. The minimum atomic E-state index is -0.851. The minimum absolute atomic E-state index is 0.140.